The molecule has 2 atom stereocenters. The SMILES string of the molecule is CC(C)(C)OC(=O)N1CCNCC1.O=C(O)CC(=O)N1CCN(C(=O)CC(=O)NCC2CN(C3=Nc4ccccc4Sc4ccccc43)CCN2CCOCCO)CC1.O=C(O)CC(=O)NCC1CN(C2=Nc3ccccc3Sc3ccccc32)CCN1CCOCCO.O=C1CCC(=O)O1. The summed E-state index contributed by atoms with van der Waals surface area (Å²) >= 11 is 3.41. The lowest BCUT2D eigenvalue weighted by Crippen LogP contribution is -2.59. The van der Waals surface area contributed by atoms with Crippen LogP contribution in [0.25, 0.3) is 0 Å². The standard InChI is InChI=1S/C32H40N6O7S.C25H30N4O5S.C9H18N2O2.C4H4O3/c39-16-18-45-17-15-35-9-14-38(32-24-5-1-3-7-26(24)46-27-8-4-2-6-25(27)34-32)22-23(35)21-33-28(40)19-29(41)36-10-12-37(13-11-36)30(42)20-31(43)44;30-12-14-34-13-11-28-9-10-29(17-18(28)16-26-23(31)15-24(32)33)25-19-5-1-3-7-21(19)35-22-8-4-2-6-20(22)27-25;1-9(2,3)13-8(12)11-6-4-10-5-7-11;5-3-1-2-4(6)7-3/h1-8,23,39H,9-22H2,(H,33,40)(H,43,44);1-8,18,30H,9-17H2,(H,26,31)(H,32,33);10H,4-7H2,1-3H3;1-2H2. The number of para-hydroxylation sites is 2. The summed E-state index contributed by atoms with van der Waals surface area (Å²) in [6.45, 7) is 17.3. The first-order valence-corrected chi connectivity index (χ1v) is 35.5. The smallest absolute Gasteiger partial charge is 0.410 e. The Hall–Kier alpha value is -8.53. The molecule has 7 aliphatic rings. The van der Waals surface area contributed by atoms with Crippen molar-refractivity contribution in [1.82, 2.24) is 50.2 Å². The van der Waals surface area contributed by atoms with Gasteiger partial charge in [0.25, 0.3) is 0 Å². The zero-order valence-corrected chi connectivity index (χ0v) is 59.0. The number of esters is 2. The van der Waals surface area contributed by atoms with Crippen molar-refractivity contribution in [2.24, 2.45) is 9.98 Å². The number of fused-ring (bicyclic) bond motifs is 4. The highest BCUT2D eigenvalue weighted by Crippen LogP contribution is 2.42. The zero-order chi connectivity index (χ0) is 72.3. The number of benzene rings is 4. The maximum Gasteiger partial charge on any atom is 0.410 e. The topological polar surface area (TPSA) is 355 Å². The van der Waals surface area contributed by atoms with E-state index in [4.69, 9.17) is 44.6 Å². The van der Waals surface area contributed by atoms with Gasteiger partial charge in [0.2, 0.25) is 23.6 Å². The number of aliphatic hydroxyl groups is 2. The van der Waals surface area contributed by atoms with E-state index < -0.39 is 48.5 Å². The van der Waals surface area contributed by atoms with Gasteiger partial charge in [0.1, 0.15) is 36.5 Å². The van der Waals surface area contributed by atoms with E-state index in [1.54, 1.807) is 28.4 Å². The summed E-state index contributed by atoms with van der Waals surface area (Å²) in [5, 5.41) is 44.8. The zero-order valence-electron chi connectivity index (χ0n) is 57.3. The first kappa shape index (κ1) is 78.2. The Morgan fingerprint density at radius 3 is 1.37 bits per heavy atom. The number of carboxylic acids is 2. The summed E-state index contributed by atoms with van der Waals surface area (Å²) in [6.07, 6.45) is -1.12. The molecule has 0 spiro atoms. The maximum atomic E-state index is 13.0. The Balaban J connectivity index is 0.000000205. The van der Waals surface area contributed by atoms with Crippen LogP contribution in [0.4, 0.5) is 16.2 Å². The van der Waals surface area contributed by atoms with E-state index in [9.17, 15) is 43.2 Å². The van der Waals surface area contributed by atoms with Crippen molar-refractivity contribution < 1.29 is 82.5 Å². The first-order valence-electron chi connectivity index (χ1n) is 33.8. The summed E-state index contributed by atoms with van der Waals surface area (Å²) in [6, 6.07) is 32.5. The average Bonchev–Trinajstić information content (AvgIpc) is 1.70. The Morgan fingerprint density at radius 1 is 0.535 bits per heavy atom. The molecular formula is C70H92N12O17S2. The Bertz CT molecular complexity index is 3550. The number of amidine groups is 2. The van der Waals surface area contributed by atoms with Crippen molar-refractivity contribution >= 4 is 100 Å². The van der Waals surface area contributed by atoms with Crippen LogP contribution >= 0.6 is 23.5 Å². The number of cyclic esters (lactones) is 2. The fourth-order valence-corrected chi connectivity index (χ4v) is 13.7. The van der Waals surface area contributed by atoms with Crippen molar-refractivity contribution in [2.75, 3.05) is 157 Å². The number of aliphatic imine (C=N–C) groups is 2. The predicted octanol–water partition coefficient (Wildman–Crippen LogP) is 3.37. The van der Waals surface area contributed by atoms with Gasteiger partial charge in [-0.25, -0.2) is 14.8 Å². The van der Waals surface area contributed by atoms with E-state index in [0.717, 1.165) is 99.6 Å². The van der Waals surface area contributed by atoms with Crippen LogP contribution in [0.15, 0.2) is 127 Å². The van der Waals surface area contributed by atoms with Crippen LogP contribution in [0, 0.1) is 0 Å². The number of aliphatic carboxylic acids is 2. The minimum atomic E-state index is -1.19. The second-order valence-electron chi connectivity index (χ2n) is 25.2. The van der Waals surface area contributed by atoms with Crippen LogP contribution in [0.2, 0.25) is 0 Å². The second-order valence-corrected chi connectivity index (χ2v) is 27.4. The number of piperazine rings is 4. The van der Waals surface area contributed by atoms with Gasteiger partial charge in [0.05, 0.1) is 63.9 Å². The fourth-order valence-electron chi connectivity index (χ4n) is 11.7. The average molecular weight is 1440 g/mol. The third kappa shape index (κ3) is 24.9. The summed E-state index contributed by atoms with van der Waals surface area (Å²) in [7, 11) is 0. The molecule has 7 aliphatic heterocycles. The van der Waals surface area contributed by atoms with Gasteiger partial charge in [-0.2, -0.15) is 0 Å². The lowest BCUT2D eigenvalue weighted by Gasteiger charge is -2.43. The Morgan fingerprint density at radius 2 is 0.950 bits per heavy atom. The van der Waals surface area contributed by atoms with Gasteiger partial charge >= 0.3 is 30.0 Å². The van der Waals surface area contributed by atoms with Crippen LogP contribution in [-0.4, -0.2) is 295 Å². The minimum Gasteiger partial charge on any atom is -0.481 e. The molecule has 0 aromatic heterocycles. The fraction of sp³-hybridized carbons (Fsp3) is 0.500. The number of carbonyl (C=O) groups is 9. The summed E-state index contributed by atoms with van der Waals surface area (Å²) in [4.78, 5) is 132. The molecule has 0 bridgehead atoms. The number of hydrogen-bond acceptors (Lipinski definition) is 24. The highest BCUT2D eigenvalue weighted by molar-refractivity contribution is 7.99. The number of carboxylic acid groups (broad SMARTS) is 2. The number of carbonyl (C=O) groups excluding carboxylic acids is 7. The molecule has 5 saturated heterocycles. The lowest BCUT2D eigenvalue weighted by atomic mass is 10.1. The molecular weight excluding hydrogens is 1340 g/mol. The molecule has 4 aromatic rings. The van der Waals surface area contributed by atoms with Crippen LogP contribution in [0.3, 0.4) is 0 Å². The highest BCUT2D eigenvalue weighted by Gasteiger charge is 2.35. The van der Waals surface area contributed by atoms with Crippen molar-refractivity contribution in [1.29, 1.82) is 0 Å². The molecule has 101 heavy (non-hydrogen) atoms. The van der Waals surface area contributed by atoms with E-state index in [-0.39, 0.29) is 107 Å². The molecule has 11 rings (SSSR count). The molecule has 7 heterocycles. The molecule has 7 N–H and O–H groups in total. The van der Waals surface area contributed by atoms with E-state index in [1.807, 2.05) is 81.4 Å². The molecule has 0 aliphatic carbocycles. The van der Waals surface area contributed by atoms with Gasteiger partial charge in [-0.15, -0.1) is 0 Å². The first-order chi connectivity index (χ1) is 48.6. The van der Waals surface area contributed by atoms with Crippen LogP contribution in [0.1, 0.15) is 64.0 Å². The van der Waals surface area contributed by atoms with Gasteiger partial charge in [-0.1, -0.05) is 84.2 Å². The van der Waals surface area contributed by atoms with Crippen LogP contribution in [-0.2, 0) is 57.3 Å². The number of ether oxygens (including phenoxy) is 4. The normalized spacial score (nSPS) is 18.2. The van der Waals surface area contributed by atoms with Gasteiger partial charge in [-0.3, -0.25) is 48.2 Å². The van der Waals surface area contributed by atoms with Crippen molar-refractivity contribution in [3.63, 3.8) is 0 Å². The maximum absolute atomic E-state index is 13.0. The molecule has 0 radical (unpaired) electrons. The number of aliphatic hydroxyl groups excluding tert-OH is 2. The predicted molar refractivity (Wildman–Crippen MR) is 375 cm³/mol. The molecule has 5 fully saturated rings. The Labute approximate surface area is 595 Å². The molecule has 2 unspecified atom stereocenters. The Kier molecular flexibility index (Phi) is 30.7. The second kappa shape index (κ2) is 39.6. The highest BCUT2D eigenvalue weighted by atomic mass is 32.2. The van der Waals surface area contributed by atoms with E-state index in [2.05, 4.69) is 76.7 Å². The number of hydrogen-bond donors (Lipinski definition) is 7. The summed E-state index contributed by atoms with van der Waals surface area (Å²) < 4.78 is 20.3. The largest absolute Gasteiger partial charge is 0.481 e. The molecule has 4 aromatic carbocycles. The van der Waals surface area contributed by atoms with Crippen LogP contribution in [0.5, 0.6) is 0 Å². The third-order valence-electron chi connectivity index (χ3n) is 16.7. The van der Waals surface area contributed by atoms with Gasteiger partial charge in [0, 0.05) is 161 Å². The minimum absolute atomic E-state index is 0.0266. The van der Waals surface area contributed by atoms with E-state index >= 15 is 0 Å². The molecule has 31 heteroatoms. The molecule has 29 nitrogen and oxygen atoms in total. The van der Waals surface area contributed by atoms with E-state index in [0.29, 0.717) is 59.0 Å². The molecule has 546 valence electrons. The lowest BCUT2D eigenvalue weighted by molar-refractivity contribution is -0.152. The number of nitrogens with one attached hydrogen (secondary N) is 3. The van der Waals surface area contributed by atoms with Crippen molar-refractivity contribution in [3.05, 3.63) is 108 Å². The van der Waals surface area contributed by atoms with Gasteiger partial charge < -0.3 is 79.8 Å². The summed E-state index contributed by atoms with van der Waals surface area (Å²) in [5.74, 6) is -3.05. The molecule has 5 amide bonds. The monoisotopic (exact) mass is 1440 g/mol. The van der Waals surface area contributed by atoms with Crippen molar-refractivity contribution in [2.45, 2.75) is 90.1 Å². The number of nitrogens with zero attached hydrogens (tertiary/aromatic N) is 9. The van der Waals surface area contributed by atoms with Gasteiger partial charge in [-0.05, 0) is 57.2 Å². The van der Waals surface area contributed by atoms with Crippen molar-refractivity contribution in [3.8, 4) is 0 Å². The van der Waals surface area contributed by atoms with Crippen LogP contribution < -0.4 is 16.0 Å². The van der Waals surface area contributed by atoms with E-state index in [1.165, 1.54) is 9.80 Å². The summed E-state index contributed by atoms with van der Waals surface area (Å²) in [5.41, 5.74) is 3.58. The quantitative estimate of drug-likeness (QED) is 0.0379. The molecule has 0 saturated carbocycles. The third-order valence-corrected chi connectivity index (χ3v) is 19.0. The number of amides is 5. The van der Waals surface area contributed by atoms with Gasteiger partial charge in [0.15, 0.2) is 0 Å². The number of rotatable bonds is 20.